The highest BCUT2D eigenvalue weighted by atomic mass is 16.5. The summed E-state index contributed by atoms with van der Waals surface area (Å²) in [6, 6.07) is 11.0. The average Bonchev–Trinajstić information content (AvgIpc) is 2.87. The molecular weight excluding hydrogens is 436 g/mol. The van der Waals surface area contributed by atoms with E-state index in [9.17, 15) is 14.4 Å². The molecule has 1 aliphatic heterocycles. The minimum atomic E-state index is -0.670. The van der Waals surface area contributed by atoms with Crippen LogP contribution in [0.15, 0.2) is 77.8 Å². The number of allylic oxidation sites excluding steroid dienone is 3. The fourth-order valence-corrected chi connectivity index (χ4v) is 4.16. The van der Waals surface area contributed by atoms with Crippen molar-refractivity contribution in [2.45, 2.75) is 6.54 Å². The molecule has 0 spiro atoms. The molecule has 170 valence electrons. The normalized spacial score (nSPS) is 17.4. The minimum Gasteiger partial charge on any atom is -0.497 e. The number of methoxy groups -OCH3 is 2. The van der Waals surface area contributed by atoms with E-state index in [1.807, 2.05) is 0 Å². The Kier molecular flexibility index (Phi) is 5.29. The van der Waals surface area contributed by atoms with Gasteiger partial charge in [-0.2, -0.15) is 9.37 Å². The Balaban J connectivity index is 1.63. The van der Waals surface area contributed by atoms with Gasteiger partial charge in [0.1, 0.15) is 29.6 Å². The molecule has 9 nitrogen and oxygen atoms in total. The van der Waals surface area contributed by atoms with Crippen molar-refractivity contribution in [2.75, 3.05) is 19.1 Å². The molecule has 5 rings (SSSR count). The van der Waals surface area contributed by atoms with Gasteiger partial charge >= 0.3 is 11.9 Å². The van der Waals surface area contributed by atoms with Gasteiger partial charge in [0.2, 0.25) is 0 Å². The van der Waals surface area contributed by atoms with Gasteiger partial charge in [0.25, 0.3) is 5.56 Å². The molecule has 0 N–H and O–H groups in total. The number of imide groups is 1. The highest BCUT2D eigenvalue weighted by Crippen LogP contribution is 2.35. The van der Waals surface area contributed by atoms with Crippen molar-refractivity contribution < 1.29 is 23.6 Å². The quantitative estimate of drug-likeness (QED) is 0.547. The molecule has 3 heterocycles. The van der Waals surface area contributed by atoms with E-state index >= 15 is 0 Å². The van der Waals surface area contributed by atoms with Crippen molar-refractivity contribution in [2.24, 2.45) is 5.92 Å². The molecule has 9 heteroatoms. The highest BCUT2D eigenvalue weighted by molar-refractivity contribution is 6.26. The number of carbonyl (C=O) groups excluding carboxylic acids is 2. The van der Waals surface area contributed by atoms with Gasteiger partial charge < -0.3 is 9.47 Å². The molecule has 34 heavy (non-hydrogen) atoms. The Morgan fingerprint density at radius 3 is 2.68 bits per heavy atom. The topological polar surface area (TPSA) is 93.2 Å². The van der Waals surface area contributed by atoms with Crippen LogP contribution in [0.4, 0.5) is 10.5 Å². The summed E-state index contributed by atoms with van der Waals surface area (Å²) in [6.45, 7) is 0.0196. The lowest BCUT2D eigenvalue weighted by Gasteiger charge is -2.27. The number of rotatable bonds is 5. The fourth-order valence-electron chi connectivity index (χ4n) is 4.16. The summed E-state index contributed by atoms with van der Waals surface area (Å²) in [5.74, 6) is -0.215. The molecule has 2 aliphatic rings. The van der Waals surface area contributed by atoms with Crippen molar-refractivity contribution in [1.29, 1.82) is 0 Å². The van der Waals surface area contributed by atoms with Gasteiger partial charge in [0.05, 0.1) is 19.9 Å². The SMILES string of the molecule is COc1ccc(N2C(=O)C3C=CC=CC3=[N+](Cc3cc(=O)n4ccccc4n3)C2=O)c(OC)c1. The van der Waals surface area contributed by atoms with Crippen LogP contribution in [0, 0.1) is 5.92 Å². The van der Waals surface area contributed by atoms with Crippen LogP contribution in [-0.4, -0.2) is 45.8 Å². The fraction of sp³-hybridized carbons (Fsp3) is 0.160. The van der Waals surface area contributed by atoms with Crippen LogP contribution in [0.5, 0.6) is 11.5 Å². The van der Waals surface area contributed by atoms with Crippen LogP contribution < -0.4 is 19.9 Å². The van der Waals surface area contributed by atoms with Crippen LogP contribution in [-0.2, 0) is 11.3 Å². The number of hydrogen-bond acceptors (Lipinski definition) is 6. The van der Waals surface area contributed by atoms with Gasteiger partial charge in [0.15, 0.2) is 11.4 Å². The number of hydrogen-bond donors (Lipinski definition) is 0. The molecular formula is C25H21N4O5+. The first-order valence-electron chi connectivity index (χ1n) is 10.6. The Hall–Kier alpha value is -4.53. The number of benzene rings is 1. The monoisotopic (exact) mass is 457 g/mol. The number of anilines is 1. The van der Waals surface area contributed by atoms with E-state index in [4.69, 9.17) is 9.47 Å². The number of carbonyl (C=O) groups is 2. The van der Waals surface area contributed by atoms with Crippen molar-refractivity contribution in [3.8, 4) is 11.5 Å². The van der Waals surface area contributed by atoms with Crippen molar-refractivity contribution in [1.82, 2.24) is 9.38 Å². The van der Waals surface area contributed by atoms with Crippen LogP contribution in [0.1, 0.15) is 5.69 Å². The molecule has 0 fully saturated rings. The molecule has 0 bridgehead atoms. The molecule has 0 radical (unpaired) electrons. The summed E-state index contributed by atoms with van der Waals surface area (Å²) in [7, 11) is 2.98. The van der Waals surface area contributed by atoms with E-state index in [0.29, 0.717) is 34.2 Å². The third-order valence-corrected chi connectivity index (χ3v) is 5.79. The zero-order valence-electron chi connectivity index (χ0n) is 18.5. The number of fused-ring (bicyclic) bond motifs is 2. The molecule has 1 atom stereocenters. The summed E-state index contributed by atoms with van der Waals surface area (Å²) in [5.41, 5.74) is 1.46. The van der Waals surface area contributed by atoms with Gasteiger partial charge in [-0.05, 0) is 30.3 Å². The number of ether oxygens (including phenoxy) is 2. The second kappa shape index (κ2) is 8.43. The first-order valence-corrected chi connectivity index (χ1v) is 10.6. The third kappa shape index (κ3) is 3.47. The Bertz CT molecular complexity index is 1480. The molecule has 3 amide bonds. The lowest BCUT2D eigenvalue weighted by atomic mass is 9.94. The summed E-state index contributed by atoms with van der Waals surface area (Å²) < 4.78 is 13.6. The zero-order chi connectivity index (χ0) is 23.8. The maximum absolute atomic E-state index is 13.7. The number of pyridine rings is 1. The first kappa shape index (κ1) is 21.3. The van der Waals surface area contributed by atoms with Crippen LogP contribution in [0.2, 0.25) is 0 Å². The first-order chi connectivity index (χ1) is 16.5. The predicted molar refractivity (Wildman–Crippen MR) is 125 cm³/mol. The summed E-state index contributed by atoms with van der Waals surface area (Å²) in [5, 5.41) is 0. The number of urea groups is 1. The van der Waals surface area contributed by atoms with Crippen LogP contribution in [0.3, 0.4) is 0 Å². The summed E-state index contributed by atoms with van der Waals surface area (Å²) >= 11 is 0. The maximum Gasteiger partial charge on any atom is 0.506 e. The molecule has 1 aromatic carbocycles. The van der Waals surface area contributed by atoms with E-state index in [1.54, 1.807) is 66.9 Å². The van der Waals surface area contributed by atoms with Gasteiger partial charge in [-0.25, -0.2) is 9.78 Å². The number of aromatic nitrogens is 2. The molecule has 0 saturated heterocycles. The molecule has 0 saturated carbocycles. The number of nitrogens with zero attached hydrogens (tertiary/aromatic N) is 4. The third-order valence-electron chi connectivity index (χ3n) is 5.79. The van der Waals surface area contributed by atoms with Gasteiger partial charge in [0, 0.05) is 18.3 Å². The second-order valence-corrected chi connectivity index (χ2v) is 7.74. The Morgan fingerprint density at radius 2 is 1.88 bits per heavy atom. The van der Waals surface area contributed by atoms with Crippen LogP contribution in [0.25, 0.3) is 5.65 Å². The molecule has 1 unspecified atom stereocenters. The largest absolute Gasteiger partial charge is 0.506 e. The zero-order valence-corrected chi connectivity index (χ0v) is 18.5. The van der Waals surface area contributed by atoms with E-state index < -0.39 is 17.9 Å². The Morgan fingerprint density at radius 1 is 1.03 bits per heavy atom. The average molecular weight is 457 g/mol. The maximum atomic E-state index is 13.7. The standard InChI is InChI=1S/C25H21N4O5/c1-33-17-10-11-20(21(14-17)34-2)29-24(31)18-7-3-4-8-19(18)28(25(29)32)15-16-13-23(30)27-12-6-5-9-22(27)26-16/h3-14,18H,15H2,1-2H3/q+1. The predicted octanol–water partition coefficient (Wildman–Crippen LogP) is 2.57. The van der Waals surface area contributed by atoms with Crippen molar-refractivity contribution >= 4 is 29.0 Å². The lowest BCUT2D eigenvalue weighted by molar-refractivity contribution is -0.446. The van der Waals surface area contributed by atoms with Gasteiger partial charge in [-0.3, -0.25) is 9.20 Å². The van der Waals surface area contributed by atoms with Gasteiger partial charge in [-0.15, -0.1) is 4.90 Å². The van der Waals surface area contributed by atoms with E-state index in [1.165, 1.54) is 29.3 Å². The Labute approximate surface area is 194 Å². The van der Waals surface area contributed by atoms with Crippen LogP contribution >= 0.6 is 0 Å². The minimum absolute atomic E-state index is 0.0196. The molecule has 3 aromatic rings. The van der Waals surface area contributed by atoms with E-state index in [-0.39, 0.29) is 12.1 Å². The van der Waals surface area contributed by atoms with Crippen molar-refractivity contribution in [3.63, 3.8) is 0 Å². The summed E-state index contributed by atoms with van der Waals surface area (Å²) in [6.07, 6.45) is 8.64. The highest BCUT2D eigenvalue weighted by Gasteiger charge is 2.49. The molecule has 2 aromatic heterocycles. The second-order valence-electron chi connectivity index (χ2n) is 7.74. The number of amides is 3. The van der Waals surface area contributed by atoms with Gasteiger partial charge in [-0.1, -0.05) is 24.3 Å². The molecule has 1 aliphatic carbocycles. The lowest BCUT2D eigenvalue weighted by Crippen LogP contribution is -2.54. The summed E-state index contributed by atoms with van der Waals surface area (Å²) in [4.78, 5) is 45.4. The smallest absolute Gasteiger partial charge is 0.497 e. The van der Waals surface area contributed by atoms with E-state index in [2.05, 4.69) is 4.98 Å². The van der Waals surface area contributed by atoms with Crippen molar-refractivity contribution in [3.05, 3.63) is 89.0 Å². The van der Waals surface area contributed by atoms with E-state index in [0.717, 1.165) is 4.90 Å².